The molecule has 2 unspecified atom stereocenters. The van der Waals surface area contributed by atoms with Gasteiger partial charge in [-0.25, -0.2) is 0 Å². The normalized spacial score (nSPS) is 23.2. The minimum Gasteiger partial charge on any atom is -0.339 e. The molecule has 0 amide bonds. The monoisotopic (exact) mass is 227 g/mol. The predicted molar refractivity (Wildman–Crippen MR) is 61.0 cm³/mol. The summed E-state index contributed by atoms with van der Waals surface area (Å²) in [6, 6.07) is 0.165. The Labute approximate surface area is 94.2 Å². The van der Waals surface area contributed by atoms with E-state index in [1.165, 1.54) is 18.6 Å². The highest BCUT2D eigenvalue weighted by Gasteiger charge is 2.20. The number of hydrogen-bond acceptors (Lipinski definition) is 5. The highest BCUT2D eigenvalue weighted by molar-refractivity contribution is 8.00. The molecule has 1 fully saturated rings. The molecule has 1 aromatic heterocycles. The summed E-state index contributed by atoms with van der Waals surface area (Å²) in [7, 11) is 1.90. The summed E-state index contributed by atoms with van der Waals surface area (Å²) in [5.41, 5.74) is 0. The molecule has 4 nitrogen and oxygen atoms in total. The van der Waals surface area contributed by atoms with Crippen LogP contribution in [0.4, 0.5) is 0 Å². The standard InChI is InChI=1S/C10H17N3OS/c1-7(11-2)10-12-9(14-13-10)6-8-4-3-5-15-8/h7-8,11H,3-6H2,1-2H3. The quantitative estimate of drug-likeness (QED) is 0.850. The molecule has 2 heterocycles. The number of nitrogens with one attached hydrogen (secondary N) is 1. The van der Waals surface area contributed by atoms with Crippen LogP contribution in [0.2, 0.25) is 0 Å². The maximum absolute atomic E-state index is 5.24. The van der Waals surface area contributed by atoms with Gasteiger partial charge in [0, 0.05) is 11.7 Å². The fourth-order valence-electron chi connectivity index (χ4n) is 1.66. The summed E-state index contributed by atoms with van der Waals surface area (Å²) in [5, 5.41) is 7.75. The molecule has 1 aliphatic heterocycles. The summed E-state index contributed by atoms with van der Waals surface area (Å²) in [6.07, 6.45) is 3.53. The molecule has 0 radical (unpaired) electrons. The first-order chi connectivity index (χ1) is 7.29. The second kappa shape index (κ2) is 4.99. The van der Waals surface area contributed by atoms with Crippen molar-refractivity contribution >= 4 is 11.8 Å². The van der Waals surface area contributed by atoms with E-state index in [9.17, 15) is 0 Å². The van der Waals surface area contributed by atoms with Crippen LogP contribution in [0.25, 0.3) is 0 Å². The lowest BCUT2D eigenvalue weighted by atomic mass is 10.2. The number of hydrogen-bond donors (Lipinski definition) is 1. The molecule has 84 valence electrons. The predicted octanol–water partition coefficient (Wildman–Crippen LogP) is 1.79. The van der Waals surface area contributed by atoms with Crippen LogP contribution in [-0.4, -0.2) is 28.2 Å². The lowest BCUT2D eigenvalue weighted by molar-refractivity contribution is 0.366. The van der Waals surface area contributed by atoms with E-state index in [1.54, 1.807) is 0 Å². The van der Waals surface area contributed by atoms with Gasteiger partial charge in [0.2, 0.25) is 5.89 Å². The molecule has 2 atom stereocenters. The molecule has 1 N–H and O–H groups in total. The number of nitrogens with zero attached hydrogens (tertiary/aromatic N) is 2. The van der Waals surface area contributed by atoms with Crippen LogP contribution in [0.3, 0.4) is 0 Å². The van der Waals surface area contributed by atoms with Crippen molar-refractivity contribution in [1.29, 1.82) is 0 Å². The lowest BCUT2D eigenvalue weighted by Gasteiger charge is -2.03. The third kappa shape index (κ3) is 2.72. The number of aromatic nitrogens is 2. The molecule has 2 rings (SSSR count). The lowest BCUT2D eigenvalue weighted by Crippen LogP contribution is -2.13. The van der Waals surface area contributed by atoms with Gasteiger partial charge in [0.25, 0.3) is 0 Å². The van der Waals surface area contributed by atoms with Crippen LogP contribution >= 0.6 is 11.8 Å². The fourth-order valence-corrected chi connectivity index (χ4v) is 2.92. The van der Waals surface area contributed by atoms with Gasteiger partial charge >= 0.3 is 0 Å². The van der Waals surface area contributed by atoms with Crippen LogP contribution in [0.1, 0.15) is 37.5 Å². The maximum atomic E-state index is 5.24. The Morgan fingerprint density at radius 2 is 2.53 bits per heavy atom. The molecule has 0 aliphatic carbocycles. The van der Waals surface area contributed by atoms with E-state index in [0.717, 1.165) is 18.1 Å². The van der Waals surface area contributed by atoms with Gasteiger partial charge in [-0.05, 0) is 32.6 Å². The molecule has 1 aliphatic rings. The smallest absolute Gasteiger partial charge is 0.227 e. The van der Waals surface area contributed by atoms with Gasteiger partial charge in [-0.2, -0.15) is 16.7 Å². The average molecular weight is 227 g/mol. The highest BCUT2D eigenvalue weighted by Crippen LogP contribution is 2.28. The van der Waals surface area contributed by atoms with E-state index in [0.29, 0.717) is 5.25 Å². The first-order valence-electron chi connectivity index (χ1n) is 5.41. The van der Waals surface area contributed by atoms with E-state index in [1.807, 2.05) is 25.7 Å². The van der Waals surface area contributed by atoms with Gasteiger partial charge in [-0.15, -0.1) is 0 Å². The van der Waals surface area contributed by atoms with Crippen molar-refractivity contribution in [3.63, 3.8) is 0 Å². The van der Waals surface area contributed by atoms with Crippen molar-refractivity contribution in [1.82, 2.24) is 15.5 Å². The third-order valence-electron chi connectivity index (χ3n) is 2.73. The second-order valence-corrected chi connectivity index (χ2v) is 5.30. The Balaban J connectivity index is 1.94. The summed E-state index contributed by atoms with van der Waals surface area (Å²) >= 11 is 2.02. The number of rotatable bonds is 4. The molecular formula is C10H17N3OS. The summed E-state index contributed by atoms with van der Waals surface area (Å²) in [5.74, 6) is 2.82. The first-order valence-corrected chi connectivity index (χ1v) is 6.46. The molecule has 5 heteroatoms. The van der Waals surface area contributed by atoms with Gasteiger partial charge in [-0.1, -0.05) is 5.16 Å². The zero-order valence-electron chi connectivity index (χ0n) is 9.19. The van der Waals surface area contributed by atoms with E-state index < -0.39 is 0 Å². The topological polar surface area (TPSA) is 51.0 Å². The van der Waals surface area contributed by atoms with Crippen LogP contribution in [0, 0.1) is 0 Å². The average Bonchev–Trinajstić information content (AvgIpc) is 2.88. The fraction of sp³-hybridized carbons (Fsp3) is 0.800. The highest BCUT2D eigenvalue weighted by atomic mass is 32.2. The molecule has 0 saturated carbocycles. The van der Waals surface area contributed by atoms with Crippen LogP contribution in [0.5, 0.6) is 0 Å². The minimum atomic E-state index is 0.165. The summed E-state index contributed by atoms with van der Waals surface area (Å²) in [6.45, 7) is 2.03. The Bertz CT molecular complexity index is 309. The molecule has 0 aromatic carbocycles. The molecule has 1 saturated heterocycles. The van der Waals surface area contributed by atoms with Crippen molar-refractivity contribution in [3.8, 4) is 0 Å². The van der Waals surface area contributed by atoms with Gasteiger partial charge in [0.15, 0.2) is 5.82 Å². The molecule has 0 spiro atoms. The SMILES string of the molecule is CNC(C)c1noc(CC2CCCS2)n1. The Morgan fingerprint density at radius 3 is 3.20 bits per heavy atom. The number of thioether (sulfide) groups is 1. The zero-order chi connectivity index (χ0) is 10.7. The van der Waals surface area contributed by atoms with Gasteiger partial charge in [-0.3, -0.25) is 0 Å². The van der Waals surface area contributed by atoms with Crippen molar-refractivity contribution in [3.05, 3.63) is 11.7 Å². The van der Waals surface area contributed by atoms with Crippen LogP contribution < -0.4 is 5.32 Å². The summed E-state index contributed by atoms with van der Waals surface area (Å²) < 4.78 is 5.24. The van der Waals surface area contributed by atoms with Gasteiger partial charge < -0.3 is 9.84 Å². The van der Waals surface area contributed by atoms with Gasteiger partial charge in [0.1, 0.15) is 0 Å². The van der Waals surface area contributed by atoms with Crippen molar-refractivity contribution < 1.29 is 4.52 Å². The molecule has 0 bridgehead atoms. The van der Waals surface area contributed by atoms with E-state index in [-0.39, 0.29) is 6.04 Å². The Kier molecular flexibility index (Phi) is 3.64. The third-order valence-corrected chi connectivity index (χ3v) is 4.13. The zero-order valence-corrected chi connectivity index (χ0v) is 10.0. The summed E-state index contributed by atoms with van der Waals surface area (Å²) in [4.78, 5) is 4.39. The maximum Gasteiger partial charge on any atom is 0.227 e. The van der Waals surface area contributed by atoms with Gasteiger partial charge in [0.05, 0.1) is 6.04 Å². The molecular weight excluding hydrogens is 210 g/mol. The first kappa shape index (κ1) is 11.0. The van der Waals surface area contributed by atoms with Crippen molar-refractivity contribution in [2.45, 2.75) is 37.5 Å². The van der Waals surface area contributed by atoms with Crippen LogP contribution in [-0.2, 0) is 6.42 Å². The van der Waals surface area contributed by atoms with Crippen molar-refractivity contribution in [2.24, 2.45) is 0 Å². The largest absolute Gasteiger partial charge is 0.339 e. The van der Waals surface area contributed by atoms with E-state index in [2.05, 4.69) is 15.5 Å². The second-order valence-electron chi connectivity index (χ2n) is 3.90. The van der Waals surface area contributed by atoms with Crippen molar-refractivity contribution in [2.75, 3.05) is 12.8 Å². The van der Waals surface area contributed by atoms with E-state index >= 15 is 0 Å². The van der Waals surface area contributed by atoms with E-state index in [4.69, 9.17) is 4.52 Å². The van der Waals surface area contributed by atoms with Crippen LogP contribution in [0.15, 0.2) is 4.52 Å². The molecule has 15 heavy (non-hydrogen) atoms. The Hall–Kier alpha value is -0.550. The minimum absolute atomic E-state index is 0.165. The Morgan fingerprint density at radius 1 is 1.67 bits per heavy atom. The molecule has 1 aromatic rings.